The second-order valence-corrected chi connectivity index (χ2v) is 6.72. The van der Waals surface area contributed by atoms with Crippen LogP contribution in [-0.2, 0) is 14.3 Å². The third kappa shape index (κ3) is 3.95. The van der Waals surface area contributed by atoms with E-state index in [1.165, 1.54) is 7.11 Å². The molecule has 0 fully saturated rings. The molecule has 142 valence electrons. The molecule has 2 atom stereocenters. The SMILES string of the molecule is COCC(C)C(NC(=O)OCC1c2ccccc2-c2ccccc21)C(=O)O. The van der Waals surface area contributed by atoms with Crippen molar-refractivity contribution in [2.75, 3.05) is 20.3 Å². The van der Waals surface area contributed by atoms with Gasteiger partial charge in [-0.2, -0.15) is 0 Å². The van der Waals surface area contributed by atoms with Crippen molar-refractivity contribution in [2.45, 2.75) is 18.9 Å². The number of fused-ring (bicyclic) bond motifs is 3. The number of hydrogen-bond acceptors (Lipinski definition) is 4. The maximum atomic E-state index is 12.2. The number of carbonyl (C=O) groups excluding carboxylic acids is 1. The van der Waals surface area contributed by atoms with Crippen molar-refractivity contribution in [1.29, 1.82) is 0 Å². The smallest absolute Gasteiger partial charge is 0.407 e. The van der Waals surface area contributed by atoms with Crippen molar-refractivity contribution in [3.8, 4) is 11.1 Å². The minimum atomic E-state index is -1.12. The molecule has 6 heteroatoms. The number of nitrogens with one attached hydrogen (secondary N) is 1. The van der Waals surface area contributed by atoms with E-state index in [0.717, 1.165) is 22.3 Å². The highest BCUT2D eigenvalue weighted by Gasteiger charge is 2.31. The summed E-state index contributed by atoms with van der Waals surface area (Å²) in [4.78, 5) is 23.6. The molecule has 0 heterocycles. The molecule has 0 bridgehead atoms. The van der Waals surface area contributed by atoms with Crippen molar-refractivity contribution >= 4 is 12.1 Å². The van der Waals surface area contributed by atoms with E-state index in [0.29, 0.717) is 0 Å². The van der Waals surface area contributed by atoms with Gasteiger partial charge in [0.2, 0.25) is 0 Å². The molecule has 27 heavy (non-hydrogen) atoms. The fourth-order valence-corrected chi connectivity index (χ4v) is 3.57. The first kappa shape index (κ1) is 18.9. The van der Waals surface area contributed by atoms with Crippen LogP contribution < -0.4 is 5.32 Å². The largest absolute Gasteiger partial charge is 0.480 e. The Bertz CT molecular complexity index is 789. The molecule has 1 aliphatic carbocycles. The molecule has 2 aromatic rings. The fourth-order valence-electron chi connectivity index (χ4n) is 3.57. The van der Waals surface area contributed by atoms with Gasteiger partial charge in [-0.05, 0) is 22.3 Å². The molecular formula is C21H23NO5. The molecule has 0 aliphatic heterocycles. The van der Waals surface area contributed by atoms with E-state index in [-0.39, 0.29) is 25.0 Å². The Labute approximate surface area is 158 Å². The summed E-state index contributed by atoms with van der Waals surface area (Å²) in [6.07, 6.45) is -0.743. The van der Waals surface area contributed by atoms with E-state index in [1.807, 2.05) is 36.4 Å². The van der Waals surface area contributed by atoms with Gasteiger partial charge in [0.1, 0.15) is 12.6 Å². The Hall–Kier alpha value is -2.86. The zero-order valence-corrected chi connectivity index (χ0v) is 15.3. The Morgan fingerprint density at radius 2 is 1.63 bits per heavy atom. The highest BCUT2D eigenvalue weighted by atomic mass is 16.5. The molecule has 2 N–H and O–H groups in total. The lowest BCUT2D eigenvalue weighted by molar-refractivity contribution is -0.141. The minimum absolute atomic E-state index is 0.0668. The van der Waals surface area contributed by atoms with E-state index in [9.17, 15) is 14.7 Å². The number of aliphatic carboxylic acids is 1. The number of benzene rings is 2. The second-order valence-electron chi connectivity index (χ2n) is 6.72. The number of alkyl carbamates (subject to hydrolysis) is 1. The van der Waals surface area contributed by atoms with Gasteiger partial charge in [-0.15, -0.1) is 0 Å². The van der Waals surface area contributed by atoms with Crippen LogP contribution in [0, 0.1) is 5.92 Å². The molecule has 6 nitrogen and oxygen atoms in total. The molecule has 3 rings (SSSR count). The number of hydrogen-bond donors (Lipinski definition) is 2. The van der Waals surface area contributed by atoms with Crippen LogP contribution in [0.15, 0.2) is 48.5 Å². The van der Waals surface area contributed by atoms with Gasteiger partial charge in [0, 0.05) is 18.9 Å². The van der Waals surface area contributed by atoms with Crippen molar-refractivity contribution in [3.63, 3.8) is 0 Å². The third-order valence-corrected chi connectivity index (χ3v) is 4.88. The van der Waals surface area contributed by atoms with Gasteiger partial charge in [-0.3, -0.25) is 0 Å². The second kappa shape index (κ2) is 8.22. The third-order valence-electron chi connectivity index (χ3n) is 4.88. The summed E-state index contributed by atoms with van der Waals surface area (Å²) in [6, 6.07) is 15.0. The lowest BCUT2D eigenvalue weighted by Crippen LogP contribution is -2.46. The number of amides is 1. The number of ether oxygens (including phenoxy) is 2. The van der Waals surface area contributed by atoms with E-state index in [1.54, 1.807) is 6.92 Å². The lowest BCUT2D eigenvalue weighted by atomic mass is 9.98. The summed E-state index contributed by atoms with van der Waals surface area (Å²) < 4.78 is 10.4. The summed E-state index contributed by atoms with van der Waals surface area (Å²) in [5, 5.41) is 11.8. The van der Waals surface area contributed by atoms with Gasteiger partial charge >= 0.3 is 12.1 Å². The normalized spacial score (nSPS) is 14.7. The first-order valence-electron chi connectivity index (χ1n) is 8.86. The predicted octanol–water partition coefficient (Wildman–Crippen LogP) is 3.26. The number of rotatable bonds is 7. The van der Waals surface area contributed by atoms with Crippen LogP contribution in [0.3, 0.4) is 0 Å². The first-order chi connectivity index (χ1) is 13.0. The Morgan fingerprint density at radius 1 is 1.07 bits per heavy atom. The lowest BCUT2D eigenvalue weighted by Gasteiger charge is -2.21. The Kier molecular flexibility index (Phi) is 5.76. The standard InChI is InChI=1S/C21H23NO5/c1-13(11-26-2)19(20(23)24)22-21(25)27-12-18-16-9-5-3-7-14(16)15-8-4-6-10-17(15)18/h3-10,13,18-19H,11-12H2,1-2H3,(H,22,25)(H,23,24). The van der Waals surface area contributed by atoms with E-state index < -0.39 is 18.1 Å². The summed E-state index contributed by atoms with van der Waals surface area (Å²) in [7, 11) is 1.49. The zero-order valence-electron chi connectivity index (χ0n) is 15.3. The molecule has 0 spiro atoms. The number of carboxylic acids is 1. The van der Waals surface area contributed by atoms with E-state index in [2.05, 4.69) is 17.4 Å². The molecular weight excluding hydrogens is 346 g/mol. The van der Waals surface area contributed by atoms with Crippen molar-refractivity contribution in [2.24, 2.45) is 5.92 Å². The number of methoxy groups -OCH3 is 1. The topological polar surface area (TPSA) is 84.9 Å². The van der Waals surface area contributed by atoms with Crippen molar-refractivity contribution in [3.05, 3.63) is 59.7 Å². The average molecular weight is 369 g/mol. The van der Waals surface area contributed by atoms with E-state index >= 15 is 0 Å². The van der Waals surface area contributed by atoms with Gasteiger partial charge in [-0.25, -0.2) is 9.59 Å². The first-order valence-corrected chi connectivity index (χ1v) is 8.86. The summed E-state index contributed by atoms with van der Waals surface area (Å²) in [5.41, 5.74) is 4.49. The average Bonchev–Trinajstić information content (AvgIpc) is 2.98. The van der Waals surface area contributed by atoms with Gasteiger partial charge in [0.15, 0.2) is 0 Å². The van der Waals surface area contributed by atoms with Gasteiger partial charge < -0.3 is 19.9 Å². The van der Waals surface area contributed by atoms with Crippen LogP contribution in [0.5, 0.6) is 0 Å². The number of carboxylic acid groups (broad SMARTS) is 1. The fraction of sp³-hybridized carbons (Fsp3) is 0.333. The summed E-state index contributed by atoms with van der Waals surface area (Å²) in [6.45, 7) is 2.07. The van der Waals surface area contributed by atoms with E-state index in [4.69, 9.17) is 9.47 Å². The Morgan fingerprint density at radius 3 is 2.15 bits per heavy atom. The molecule has 0 saturated heterocycles. The highest BCUT2D eigenvalue weighted by molar-refractivity contribution is 5.81. The van der Waals surface area contributed by atoms with Gasteiger partial charge in [0.05, 0.1) is 6.61 Å². The monoisotopic (exact) mass is 369 g/mol. The predicted molar refractivity (Wildman–Crippen MR) is 101 cm³/mol. The maximum absolute atomic E-state index is 12.2. The van der Waals surface area contributed by atoms with Crippen LogP contribution in [0.25, 0.3) is 11.1 Å². The highest BCUT2D eigenvalue weighted by Crippen LogP contribution is 2.44. The zero-order chi connectivity index (χ0) is 19.4. The maximum Gasteiger partial charge on any atom is 0.407 e. The molecule has 0 aromatic heterocycles. The molecule has 1 aliphatic rings. The minimum Gasteiger partial charge on any atom is -0.480 e. The van der Waals surface area contributed by atoms with Gasteiger partial charge in [0.25, 0.3) is 0 Å². The van der Waals surface area contributed by atoms with Crippen molar-refractivity contribution < 1.29 is 24.2 Å². The van der Waals surface area contributed by atoms with Gasteiger partial charge in [-0.1, -0.05) is 55.5 Å². The molecule has 2 aromatic carbocycles. The van der Waals surface area contributed by atoms with Crippen molar-refractivity contribution in [1.82, 2.24) is 5.32 Å². The van der Waals surface area contributed by atoms with Crippen LogP contribution >= 0.6 is 0 Å². The molecule has 0 saturated carbocycles. The summed E-state index contributed by atoms with van der Waals surface area (Å²) >= 11 is 0. The van der Waals surface area contributed by atoms with Crippen LogP contribution in [0.1, 0.15) is 24.0 Å². The number of carbonyl (C=O) groups is 2. The quantitative estimate of drug-likeness (QED) is 0.782. The molecule has 1 amide bonds. The molecule has 0 radical (unpaired) electrons. The Balaban J connectivity index is 1.69. The molecule has 2 unspecified atom stereocenters. The van der Waals surface area contributed by atoms with Crippen LogP contribution in [-0.4, -0.2) is 43.5 Å². The summed E-state index contributed by atoms with van der Waals surface area (Å²) in [5.74, 6) is -1.57. The van der Waals surface area contributed by atoms with Crippen LogP contribution in [0.2, 0.25) is 0 Å². The van der Waals surface area contributed by atoms with Crippen LogP contribution in [0.4, 0.5) is 4.79 Å².